The standard InChI is InChI=1S/C13H17NO2S/c1-2-3-6-9-14-12-10-17(15,16)13-8-5-4-7-11(12)13/h2-5,7-8,12,14H,6,9-10H2,1H3/b3-2+. The van der Waals surface area contributed by atoms with Crippen molar-refractivity contribution in [3.8, 4) is 0 Å². The van der Waals surface area contributed by atoms with Gasteiger partial charge in [-0.25, -0.2) is 8.42 Å². The largest absolute Gasteiger partial charge is 0.309 e. The molecule has 1 N–H and O–H groups in total. The van der Waals surface area contributed by atoms with E-state index >= 15 is 0 Å². The lowest BCUT2D eigenvalue weighted by molar-refractivity contribution is 0.570. The summed E-state index contributed by atoms with van der Waals surface area (Å²) in [5, 5.41) is 3.30. The molecule has 3 nitrogen and oxygen atoms in total. The van der Waals surface area contributed by atoms with Crippen molar-refractivity contribution in [1.29, 1.82) is 0 Å². The summed E-state index contributed by atoms with van der Waals surface area (Å²) < 4.78 is 23.8. The summed E-state index contributed by atoms with van der Waals surface area (Å²) in [6, 6.07) is 7.20. The van der Waals surface area contributed by atoms with Gasteiger partial charge in [0.25, 0.3) is 0 Å². The summed E-state index contributed by atoms with van der Waals surface area (Å²) in [5.74, 6) is 0.183. The molecule has 1 aromatic rings. The second kappa shape index (κ2) is 5.02. The fourth-order valence-electron chi connectivity index (χ4n) is 2.13. The number of rotatable bonds is 4. The molecule has 0 fully saturated rings. The van der Waals surface area contributed by atoms with Crippen molar-refractivity contribution in [1.82, 2.24) is 5.32 Å². The van der Waals surface area contributed by atoms with E-state index < -0.39 is 9.84 Å². The van der Waals surface area contributed by atoms with E-state index in [4.69, 9.17) is 0 Å². The molecule has 0 amide bonds. The van der Waals surface area contributed by atoms with Gasteiger partial charge in [0.05, 0.1) is 10.6 Å². The molecule has 1 aliphatic heterocycles. The van der Waals surface area contributed by atoms with Gasteiger partial charge in [-0.05, 0) is 31.5 Å². The summed E-state index contributed by atoms with van der Waals surface area (Å²) >= 11 is 0. The molecule has 1 heterocycles. The fraction of sp³-hybridized carbons (Fsp3) is 0.385. The van der Waals surface area contributed by atoms with Crippen LogP contribution >= 0.6 is 0 Å². The number of nitrogens with one attached hydrogen (secondary N) is 1. The molecule has 0 spiro atoms. The highest BCUT2D eigenvalue weighted by Gasteiger charge is 2.33. The van der Waals surface area contributed by atoms with E-state index in [-0.39, 0.29) is 11.8 Å². The maximum absolute atomic E-state index is 11.9. The third-order valence-corrected chi connectivity index (χ3v) is 4.77. The van der Waals surface area contributed by atoms with Gasteiger partial charge in [-0.1, -0.05) is 30.4 Å². The zero-order valence-electron chi connectivity index (χ0n) is 9.89. The van der Waals surface area contributed by atoms with Crippen molar-refractivity contribution in [2.24, 2.45) is 0 Å². The fourth-order valence-corrected chi connectivity index (χ4v) is 3.90. The van der Waals surface area contributed by atoms with Crippen LogP contribution in [0.5, 0.6) is 0 Å². The molecule has 2 rings (SSSR count). The Hall–Kier alpha value is -1.13. The van der Waals surface area contributed by atoms with Crippen molar-refractivity contribution in [3.63, 3.8) is 0 Å². The van der Waals surface area contributed by atoms with Crippen molar-refractivity contribution < 1.29 is 8.42 Å². The lowest BCUT2D eigenvalue weighted by Gasteiger charge is -2.11. The molecule has 0 radical (unpaired) electrons. The van der Waals surface area contributed by atoms with Crippen LogP contribution in [-0.2, 0) is 9.84 Å². The Morgan fingerprint density at radius 1 is 1.41 bits per heavy atom. The number of allylic oxidation sites excluding steroid dienone is 1. The molecular weight excluding hydrogens is 234 g/mol. The van der Waals surface area contributed by atoms with Gasteiger partial charge >= 0.3 is 0 Å². The average molecular weight is 251 g/mol. The SMILES string of the molecule is C/C=C/CCNC1CS(=O)(=O)c2ccccc21. The summed E-state index contributed by atoms with van der Waals surface area (Å²) in [5.41, 5.74) is 0.910. The lowest BCUT2D eigenvalue weighted by atomic mass is 10.1. The van der Waals surface area contributed by atoms with Crippen molar-refractivity contribution >= 4 is 9.84 Å². The Morgan fingerprint density at radius 2 is 2.18 bits per heavy atom. The summed E-state index contributed by atoms with van der Waals surface area (Å²) in [6.07, 6.45) is 5.00. The summed E-state index contributed by atoms with van der Waals surface area (Å²) in [6.45, 7) is 2.79. The topological polar surface area (TPSA) is 46.2 Å². The first-order chi connectivity index (χ1) is 8.15. The van der Waals surface area contributed by atoms with E-state index in [1.54, 1.807) is 12.1 Å². The summed E-state index contributed by atoms with van der Waals surface area (Å²) in [4.78, 5) is 0.489. The minimum Gasteiger partial charge on any atom is -0.309 e. The van der Waals surface area contributed by atoms with Crippen LogP contribution in [0.15, 0.2) is 41.3 Å². The van der Waals surface area contributed by atoms with E-state index in [2.05, 4.69) is 11.4 Å². The van der Waals surface area contributed by atoms with Crippen LogP contribution in [0.25, 0.3) is 0 Å². The second-order valence-electron chi connectivity index (χ2n) is 4.18. The normalized spacial score (nSPS) is 21.8. The third kappa shape index (κ3) is 2.58. The quantitative estimate of drug-likeness (QED) is 0.658. The maximum atomic E-state index is 11.9. The van der Waals surface area contributed by atoms with E-state index in [1.165, 1.54) is 0 Å². The van der Waals surface area contributed by atoms with Gasteiger partial charge in [-0.15, -0.1) is 0 Å². The average Bonchev–Trinajstić information content (AvgIpc) is 2.58. The van der Waals surface area contributed by atoms with E-state index in [0.717, 1.165) is 18.5 Å². The van der Waals surface area contributed by atoms with E-state index in [9.17, 15) is 8.42 Å². The van der Waals surface area contributed by atoms with Gasteiger partial charge in [0.2, 0.25) is 0 Å². The molecule has 1 atom stereocenters. The highest BCUT2D eigenvalue weighted by Crippen LogP contribution is 2.32. The molecule has 4 heteroatoms. The van der Waals surface area contributed by atoms with Gasteiger partial charge < -0.3 is 5.32 Å². The van der Waals surface area contributed by atoms with Crippen molar-refractivity contribution in [3.05, 3.63) is 42.0 Å². The molecular formula is C13H17NO2S. The highest BCUT2D eigenvalue weighted by atomic mass is 32.2. The zero-order chi connectivity index (χ0) is 12.3. The van der Waals surface area contributed by atoms with Crippen LogP contribution in [0.3, 0.4) is 0 Å². The van der Waals surface area contributed by atoms with Crippen LogP contribution in [0.4, 0.5) is 0 Å². The minimum atomic E-state index is -3.08. The first kappa shape index (κ1) is 12.3. The predicted molar refractivity (Wildman–Crippen MR) is 68.7 cm³/mol. The van der Waals surface area contributed by atoms with Crippen LogP contribution < -0.4 is 5.32 Å². The monoisotopic (exact) mass is 251 g/mol. The number of benzene rings is 1. The van der Waals surface area contributed by atoms with Crippen LogP contribution in [0, 0.1) is 0 Å². The first-order valence-electron chi connectivity index (χ1n) is 5.81. The predicted octanol–water partition coefficient (Wildman–Crippen LogP) is 2.07. The number of sulfone groups is 1. The Bertz CT molecular complexity index is 520. The number of hydrogen-bond donors (Lipinski definition) is 1. The molecule has 0 aromatic heterocycles. The Labute approximate surface area is 102 Å². The van der Waals surface area contributed by atoms with Crippen molar-refractivity contribution in [2.75, 3.05) is 12.3 Å². The van der Waals surface area contributed by atoms with E-state index in [0.29, 0.717) is 4.90 Å². The smallest absolute Gasteiger partial charge is 0.180 e. The molecule has 1 aromatic carbocycles. The maximum Gasteiger partial charge on any atom is 0.180 e. The van der Waals surface area contributed by atoms with Gasteiger partial charge in [0.1, 0.15) is 0 Å². The number of fused-ring (bicyclic) bond motifs is 1. The molecule has 17 heavy (non-hydrogen) atoms. The molecule has 0 bridgehead atoms. The van der Waals surface area contributed by atoms with Gasteiger partial charge in [-0.2, -0.15) is 0 Å². The summed E-state index contributed by atoms with van der Waals surface area (Å²) in [7, 11) is -3.08. The van der Waals surface area contributed by atoms with Gasteiger partial charge in [0.15, 0.2) is 9.84 Å². The molecule has 0 aliphatic carbocycles. The third-order valence-electron chi connectivity index (χ3n) is 2.95. The molecule has 0 saturated carbocycles. The highest BCUT2D eigenvalue weighted by molar-refractivity contribution is 7.91. The van der Waals surface area contributed by atoms with Gasteiger partial charge in [-0.3, -0.25) is 0 Å². The molecule has 1 unspecified atom stereocenters. The Balaban J connectivity index is 2.12. The zero-order valence-corrected chi connectivity index (χ0v) is 10.7. The molecule has 1 aliphatic rings. The number of hydrogen-bond acceptors (Lipinski definition) is 3. The van der Waals surface area contributed by atoms with Gasteiger partial charge in [0, 0.05) is 6.04 Å². The van der Waals surface area contributed by atoms with Crippen LogP contribution in [0.1, 0.15) is 24.9 Å². The minimum absolute atomic E-state index is 0.0542. The van der Waals surface area contributed by atoms with Crippen LogP contribution in [0.2, 0.25) is 0 Å². The molecule has 0 saturated heterocycles. The second-order valence-corrected chi connectivity index (χ2v) is 6.19. The Morgan fingerprint density at radius 3 is 2.94 bits per heavy atom. The molecule has 92 valence electrons. The first-order valence-corrected chi connectivity index (χ1v) is 7.46. The lowest BCUT2D eigenvalue weighted by Crippen LogP contribution is -2.23. The Kier molecular flexibility index (Phi) is 3.64. The van der Waals surface area contributed by atoms with E-state index in [1.807, 2.05) is 25.1 Å². The van der Waals surface area contributed by atoms with Crippen molar-refractivity contribution in [2.45, 2.75) is 24.3 Å². The van der Waals surface area contributed by atoms with Crippen LogP contribution in [-0.4, -0.2) is 20.7 Å².